The smallest absolute Gasteiger partial charge is 0.239 e. The number of para-hydroxylation sites is 1. The molecular weight excluding hydrogens is 414 g/mol. The van der Waals surface area contributed by atoms with Crippen molar-refractivity contribution in [1.29, 1.82) is 0 Å². The summed E-state index contributed by atoms with van der Waals surface area (Å²) in [7, 11) is 0. The molecule has 2 heterocycles. The number of aromatic nitrogens is 2. The molecule has 0 aliphatic heterocycles. The molecular formula is C23H21N3O2S2. The van der Waals surface area contributed by atoms with Gasteiger partial charge in [-0.15, -0.1) is 22.7 Å². The second-order valence-corrected chi connectivity index (χ2v) is 8.31. The van der Waals surface area contributed by atoms with Crippen molar-refractivity contribution in [2.75, 3.05) is 11.5 Å². The minimum atomic E-state index is -0.0564. The molecule has 4 aromatic rings. The van der Waals surface area contributed by atoms with E-state index in [0.717, 1.165) is 33.4 Å². The standard InChI is InChI=1S/C23H21N3O2S2/c1-3-28-20-11-9-17(10-12-20)22-25-18(15-29-22)13-21(27)26(19-7-5-4-6-8-19)23-24-16(2)14-30-23/h4-12,14-15H,3,13H2,1-2H3. The van der Waals surface area contributed by atoms with Gasteiger partial charge in [-0.25, -0.2) is 9.97 Å². The van der Waals surface area contributed by atoms with Crippen molar-refractivity contribution in [2.24, 2.45) is 0 Å². The van der Waals surface area contributed by atoms with E-state index in [1.165, 1.54) is 22.7 Å². The minimum Gasteiger partial charge on any atom is -0.494 e. The van der Waals surface area contributed by atoms with E-state index < -0.39 is 0 Å². The largest absolute Gasteiger partial charge is 0.494 e. The molecule has 1 amide bonds. The van der Waals surface area contributed by atoms with Gasteiger partial charge in [0.2, 0.25) is 5.91 Å². The maximum atomic E-state index is 13.2. The molecule has 152 valence electrons. The Bertz CT molecular complexity index is 1120. The third-order valence-electron chi connectivity index (χ3n) is 4.36. The van der Waals surface area contributed by atoms with Gasteiger partial charge >= 0.3 is 0 Å². The van der Waals surface area contributed by atoms with Crippen molar-refractivity contribution in [3.63, 3.8) is 0 Å². The number of hydrogen-bond acceptors (Lipinski definition) is 6. The molecule has 5 nitrogen and oxygen atoms in total. The quantitative estimate of drug-likeness (QED) is 0.364. The first kappa shape index (κ1) is 20.3. The molecule has 0 N–H and O–H groups in total. The van der Waals surface area contributed by atoms with Gasteiger partial charge in [-0.3, -0.25) is 9.69 Å². The lowest BCUT2D eigenvalue weighted by molar-refractivity contribution is -0.117. The van der Waals surface area contributed by atoms with Crippen LogP contribution in [-0.4, -0.2) is 22.5 Å². The number of carbonyl (C=O) groups excluding carboxylic acids is 1. The molecule has 0 unspecified atom stereocenters. The Labute approximate surface area is 183 Å². The van der Waals surface area contributed by atoms with E-state index in [9.17, 15) is 4.79 Å². The summed E-state index contributed by atoms with van der Waals surface area (Å²) in [5.41, 5.74) is 3.47. The summed E-state index contributed by atoms with van der Waals surface area (Å²) in [5.74, 6) is 0.782. The monoisotopic (exact) mass is 435 g/mol. The number of benzene rings is 2. The van der Waals surface area contributed by atoms with Gasteiger partial charge in [-0.1, -0.05) is 18.2 Å². The molecule has 0 aliphatic rings. The lowest BCUT2D eigenvalue weighted by Gasteiger charge is -2.19. The Morgan fingerprint density at radius 1 is 1.00 bits per heavy atom. The van der Waals surface area contributed by atoms with E-state index in [2.05, 4.69) is 9.97 Å². The van der Waals surface area contributed by atoms with Crippen LogP contribution in [-0.2, 0) is 11.2 Å². The van der Waals surface area contributed by atoms with E-state index in [1.807, 2.05) is 79.2 Å². The highest BCUT2D eigenvalue weighted by atomic mass is 32.1. The fourth-order valence-electron chi connectivity index (χ4n) is 3.00. The normalized spacial score (nSPS) is 10.7. The van der Waals surface area contributed by atoms with E-state index in [4.69, 9.17) is 4.74 Å². The number of thiazole rings is 2. The zero-order valence-corrected chi connectivity index (χ0v) is 18.4. The van der Waals surface area contributed by atoms with Crippen LogP contribution in [0.5, 0.6) is 5.75 Å². The number of ether oxygens (including phenoxy) is 1. The maximum Gasteiger partial charge on any atom is 0.239 e. The van der Waals surface area contributed by atoms with Crippen molar-refractivity contribution in [3.8, 4) is 16.3 Å². The SMILES string of the molecule is CCOc1ccc(-c2nc(CC(=O)N(c3ccccc3)c3nc(C)cs3)cs2)cc1. The summed E-state index contributed by atoms with van der Waals surface area (Å²) in [4.78, 5) is 24.1. The van der Waals surface area contributed by atoms with Crippen LogP contribution < -0.4 is 9.64 Å². The predicted octanol–water partition coefficient (Wildman–Crippen LogP) is 5.88. The molecule has 0 bridgehead atoms. The van der Waals surface area contributed by atoms with Gasteiger partial charge in [-0.2, -0.15) is 0 Å². The molecule has 0 radical (unpaired) electrons. The van der Waals surface area contributed by atoms with Gasteiger partial charge in [0.15, 0.2) is 5.13 Å². The molecule has 30 heavy (non-hydrogen) atoms. The van der Waals surface area contributed by atoms with Crippen molar-refractivity contribution in [1.82, 2.24) is 9.97 Å². The Morgan fingerprint density at radius 3 is 2.43 bits per heavy atom. The average Bonchev–Trinajstić information content (AvgIpc) is 3.39. The Morgan fingerprint density at radius 2 is 1.77 bits per heavy atom. The lowest BCUT2D eigenvalue weighted by atomic mass is 10.2. The van der Waals surface area contributed by atoms with Crippen LogP contribution >= 0.6 is 22.7 Å². The van der Waals surface area contributed by atoms with Crippen LogP contribution in [0.1, 0.15) is 18.3 Å². The van der Waals surface area contributed by atoms with Gasteiger partial charge in [0.05, 0.1) is 30.1 Å². The Hall–Kier alpha value is -3.03. The fraction of sp³-hybridized carbons (Fsp3) is 0.174. The molecule has 0 atom stereocenters. The maximum absolute atomic E-state index is 13.2. The van der Waals surface area contributed by atoms with Crippen LogP contribution in [0.3, 0.4) is 0 Å². The zero-order valence-electron chi connectivity index (χ0n) is 16.7. The fourth-order valence-corrected chi connectivity index (χ4v) is 4.66. The van der Waals surface area contributed by atoms with Crippen LogP contribution in [0.15, 0.2) is 65.4 Å². The number of nitrogens with zero attached hydrogens (tertiary/aromatic N) is 3. The van der Waals surface area contributed by atoms with Gasteiger partial charge in [0, 0.05) is 16.3 Å². The second kappa shape index (κ2) is 9.19. The highest BCUT2D eigenvalue weighted by molar-refractivity contribution is 7.14. The third-order valence-corrected chi connectivity index (χ3v) is 6.24. The number of amides is 1. The summed E-state index contributed by atoms with van der Waals surface area (Å²) in [6.45, 7) is 4.53. The highest BCUT2D eigenvalue weighted by Crippen LogP contribution is 2.30. The van der Waals surface area contributed by atoms with Crippen molar-refractivity contribution in [3.05, 3.63) is 76.7 Å². The Balaban J connectivity index is 1.55. The van der Waals surface area contributed by atoms with Crippen molar-refractivity contribution in [2.45, 2.75) is 20.3 Å². The first-order chi connectivity index (χ1) is 14.6. The Kier molecular flexibility index (Phi) is 6.21. The van der Waals surface area contributed by atoms with Crippen LogP contribution in [0, 0.1) is 6.92 Å². The zero-order chi connectivity index (χ0) is 20.9. The summed E-state index contributed by atoms with van der Waals surface area (Å²) in [5, 5.41) is 5.45. The second-order valence-electron chi connectivity index (χ2n) is 6.61. The highest BCUT2D eigenvalue weighted by Gasteiger charge is 2.22. The molecule has 0 saturated heterocycles. The van der Waals surface area contributed by atoms with Gasteiger partial charge in [0.1, 0.15) is 10.8 Å². The molecule has 0 fully saturated rings. The number of carbonyl (C=O) groups is 1. The average molecular weight is 436 g/mol. The van der Waals surface area contributed by atoms with E-state index in [-0.39, 0.29) is 12.3 Å². The van der Waals surface area contributed by atoms with Crippen LogP contribution in [0.2, 0.25) is 0 Å². The van der Waals surface area contributed by atoms with Gasteiger partial charge in [-0.05, 0) is 50.2 Å². The van der Waals surface area contributed by atoms with Crippen molar-refractivity contribution < 1.29 is 9.53 Å². The van der Waals surface area contributed by atoms with Gasteiger partial charge in [0.25, 0.3) is 0 Å². The molecule has 0 spiro atoms. The third kappa shape index (κ3) is 4.58. The summed E-state index contributed by atoms with van der Waals surface area (Å²) >= 11 is 3.00. The minimum absolute atomic E-state index is 0.0564. The number of hydrogen-bond donors (Lipinski definition) is 0. The predicted molar refractivity (Wildman–Crippen MR) is 123 cm³/mol. The van der Waals surface area contributed by atoms with E-state index >= 15 is 0 Å². The van der Waals surface area contributed by atoms with Crippen LogP contribution in [0.4, 0.5) is 10.8 Å². The summed E-state index contributed by atoms with van der Waals surface area (Å²) < 4.78 is 5.49. The first-order valence-electron chi connectivity index (χ1n) is 9.62. The molecule has 7 heteroatoms. The van der Waals surface area contributed by atoms with E-state index in [0.29, 0.717) is 11.7 Å². The molecule has 0 aliphatic carbocycles. The first-order valence-corrected chi connectivity index (χ1v) is 11.4. The molecule has 0 saturated carbocycles. The molecule has 2 aromatic heterocycles. The van der Waals surface area contributed by atoms with Crippen molar-refractivity contribution >= 4 is 39.4 Å². The van der Waals surface area contributed by atoms with Crippen LogP contribution in [0.25, 0.3) is 10.6 Å². The number of aryl methyl sites for hydroxylation is 1. The molecule has 4 rings (SSSR count). The van der Waals surface area contributed by atoms with E-state index in [1.54, 1.807) is 4.90 Å². The lowest BCUT2D eigenvalue weighted by Crippen LogP contribution is -2.27. The molecule has 2 aromatic carbocycles. The van der Waals surface area contributed by atoms with Gasteiger partial charge < -0.3 is 4.74 Å². The topological polar surface area (TPSA) is 55.3 Å². The summed E-state index contributed by atoms with van der Waals surface area (Å²) in [6.07, 6.45) is 0.209. The number of rotatable bonds is 7. The summed E-state index contributed by atoms with van der Waals surface area (Å²) in [6, 6.07) is 17.5. The number of anilines is 2.